The second-order valence-electron chi connectivity index (χ2n) is 3.24. The van der Waals surface area contributed by atoms with Gasteiger partial charge in [0.15, 0.2) is 0 Å². The van der Waals surface area contributed by atoms with Gasteiger partial charge < -0.3 is 4.74 Å². The lowest BCUT2D eigenvalue weighted by Crippen LogP contribution is -2.06. The first-order chi connectivity index (χ1) is 7.76. The highest BCUT2D eigenvalue weighted by molar-refractivity contribution is 5.83. The molecule has 1 rings (SSSR count). The SMILES string of the molecule is CCOC/C(C)=N/Nc1cccc(N=O)c1. The third-order valence-corrected chi connectivity index (χ3v) is 1.84. The van der Waals surface area contributed by atoms with Crippen LogP contribution in [0.4, 0.5) is 11.4 Å². The summed E-state index contributed by atoms with van der Waals surface area (Å²) in [5.41, 5.74) is 4.78. The molecule has 0 spiro atoms. The summed E-state index contributed by atoms with van der Waals surface area (Å²) in [6.07, 6.45) is 0. The minimum absolute atomic E-state index is 0.377. The molecule has 1 N–H and O–H groups in total. The minimum Gasteiger partial charge on any atom is -0.376 e. The van der Waals surface area contributed by atoms with Gasteiger partial charge in [-0.1, -0.05) is 6.07 Å². The van der Waals surface area contributed by atoms with Gasteiger partial charge in [0.25, 0.3) is 0 Å². The molecule has 0 saturated heterocycles. The van der Waals surface area contributed by atoms with Crippen LogP contribution < -0.4 is 5.43 Å². The van der Waals surface area contributed by atoms with Gasteiger partial charge in [-0.25, -0.2) is 0 Å². The molecule has 86 valence electrons. The van der Waals surface area contributed by atoms with Gasteiger partial charge in [0.05, 0.1) is 18.0 Å². The zero-order chi connectivity index (χ0) is 11.8. The minimum atomic E-state index is 0.377. The summed E-state index contributed by atoms with van der Waals surface area (Å²) in [7, 11) is 0. The molecule has 16 heavy (non-hydrogen) atoms. The average molecular weight is 221 g/mol. The predicted molar refractivity (Wildman–Crippen MR) is 65.1 cm³/mol. The molecule has 1 aromatic rings. The number of anilines is 1. The second-order valence-corrected chi connectivity index (χ2v) is 3.24. The second kappa shape index (κ2) is 6.68. The first-order valence-corrected chi connectivity index (χ1v) is 5.06. The lowest BCUT2D eigenvalue weighted by molar-refractivity contribution is 0.187. The highest BCUT2D eigenvalue weighted by atomic mass is 16.5. The van der Waals surface area contributed by atoms with Crippen LogP contribution in [0.1, 0.15) is 13.8 Å². The van der Waals surface area contributed by atoms with Gasteiger partial charge in [-0.3, -0.25) is 5.43 Å². The van der Waals surface area contributed by atoms with Crippen molar-refractivity contribution in [3.05, 3.63) is 29.2 Å². The van der Waals surface area contributed by atoms with E-state index in [4.69, 9.17) is 4.74 Å². The maximum absolute atomic E-state index is 10.3. The van der Waals surface area contributed by atoms with E-state index in [2.05, 4.69) is 15.7 Å². The quantitative estimate of drug-likeness (QED) is 0.456. The number of rotatable bonds is 6. The van der Waals surface area contributed by atoms with Crippen molar-refractivity contribution >= 4 is 17.1 Å². The molecule has 0 aliphatic carbocycles. The number of nitroso groups, excluding NO2 is 1. The third-order valence-electron chi connectivity index (χ3n) is 1.84. The molecule has 0 saturated carbocycles. The summed E-state index contributed by atoms with van der Waals surface area (Å²) in [5, 5.41) is 6.95. The van der Waals surface area contributed by atoms with Crippen molar-refractivity contribution in [3.63, 3.8) is 0 Å². The highest BCUT2D eigenvalue weighted by Gasteiger charge is 1.95. The summed E-state index contributed by atoms with van der Waals surface area (Å²) in [5.74, 6) is 0. The van der Waals surface area contributed by atoms with E-state index >= 15 is 0 Å². The molecule has 0 radical (unpaired) electrons. The first-order valence-electron chi connectivity index (χ1n) is 5.06. The van der Waals surface area contributed by atoms with Crippen molar-refractivity contribution in [1.82, 2.24) is 0 Å². The van der Waals surface area contributed by atoms with Crippen molar-refractivity contribution in [2.24, 2.45) is 10.3 Å². The molecule has 5 heteroatoms. The highest BCUT2D eigenvalue weighted by Crippen LogP contribution is 2.17. The van der Waals surface area contributed by atoms with Crippen molar-refractivity contribution in [2.45, 2.75) is 13.8 Å². The van der Waals surface area contributed by atoms with Gasteiger partial charge in [0, 0.05) is 6.61 Å². The van der Waals surface area contributed by atoms with E-state index in [0.717, 1.165) is 11.4 Å². The number of hydrazone groups is 1. The molecule has 0 aliphatic heterocycles. The Bertz CT molecular complexity index is 377. The Kier molecular flexibility index (Phi) is 5.15. The zero-order valence-corrected chi connectivity index (χ0v) is 9.43. The zero-order valence-electron chi connectivity index (χ0n) is 9.43. The van der Waals surface area contributed by atoms with E-state index in [0.29, 0.717) is 18.9 Å². The van der Waals surface area contributed by atoms with E-state index < -0.39 is 0 Å². The van der Waals surface area contributed by atoms with Crippen molar-refractivity contribution in [1.29, 1.82) is 0 Å². The number of hydrogen-bond acceptors (Lipinski definition) is 5. The van der Waals surface area contributed by atoms with Crippen LogP contribution in [0.15, 0.2) is 34.5 Å². The Balaban J connectivity index is 2.55. The summed E-state index contributed by atoms with van der Waals surface area (Å²) in [6, 6.07) is 6.82. The van der Waals surface area contributed by atoms with Crippen LogP contribution in [-0.2, 0) is 4.74 Å². The van der Waals surface area contributed by atoms with Gasteiger partial charge >= 0.3 is 0 Å². The molecule has 0 heterocycles. The molecule has 0 bridgehead atoms. The molecule has 1 aromatic carbocycles. The van der Waals surface area contributed by atoms with Gasteiger partial charge in [-0.15, -0.1) is 4.91 Å². The van der Waals surface area contributed by atoms with E-state index in [9.17, 15) is 4.91 Å². The number of ether oxygens (including phenoxy) is 1. The topological polar surface area (TPSA) is 63.0 Å². The van der Waals surface area contributed by atoms with Crippen molar-refractivity contribution < 1.29 is 4.74 Å². The Labute approximate surface area is 94.5 Å². The number of nitrogens with zero attached hydrogens (tertiary/aromatic N) is 2. The molecule has 5 nitrogen and oxygen atoms in total. The first kappa shape index (κ1) is 12.3. The van der Waals surface area contributed by atoms with Crippen LogP contribution in [0.5, 0.6) is 0 Å². The monoisotopic (exact) mass is 221 g/mol. The molecule has 0 aliphatic rings. The fourth-order valence-corrected chi connectivity index (χ4v) is 1.07. The number of hydrogen-bond donors (Lipinski definition) is 1. The Morgan fingerprint density at radius 3 is 3.00 bits per heavy atom. The van der Waals surface area contributed by atoms with Crippen LogP contribution >= 0.6 is 0 Å². The van der Waals surface area contributed by atoms with E-state index in [1.165, 1.54) is 0 Å². The fraction of sp³-hybridized carbons (Fsp3) is 0.364. The van der Waals surface area contributed by atoms with E-state index in [1.54, 1.807) is 18.2 Å². The fourth-order valence-electron chi connectivity index (χ4n) is 1.07. The molecular weight excluding hydrogens is 206 g/mol. The van der Waals surface area contributed by atoms with Crippen LogP contribution in [0.3, 0.4) is 0 Å². The molecule has 0 aromatic heterocycles. The smallest absolute Gasteiger partial charge is 0.110 e. The lowest BCUT2D eigenvalue weighted by atomic mass is 10.3. The summed E-state index contributed by atoms with van der Waals surface area (Å²) >= 11 is 0. The number of nitrogens with one attached hydrogen (secondary N) is 1. The molecule has 0 fully saturated rings. The van der Waals surface area contributed by atoms with Crippen LogP contribution in [0, 0.1) is 4.91 Å². The van der Waals surface area contributed by atoms with Gasteiger partial charge in [0.1, 0.15) is 5.69 Å². The molecule has 0 unspecified atom stereocenters. The third kappa shape index (κ3) is 4.18. The predicted octanol–water partition coefficient (Wildman–Crippen LogP) is 2.91. The Morgan fingerprint density at radius 2 is 2.31 bits per heavy atom. The summed E-state index contributed by atoms with van der Waals surface area (Å²) in [6.45, 7) is 4.96. The number of benzene rings is 1. The maximum atomic E-state index is 10.3. The van der Waals surface area contributed by atoms with Crippen LogP contribution in [0.2, 0.25) is 0 Å². The maximum Gasteiger partial charge on any atom is 0.110 e. The largest absolute Gasteiger partial charge is 0.376 e. The van der Waals surface area contributed by atoms with E-state index in [1.807, 2.05) is 19.9 Å². The summed E-state index contributed by atoms with van der Waals surface area (Å²) < 4.78 is 5.19. The standard InChI is InChI=1S/C11H15N3O2/c1-3-16-8-9(2)12-13-10-5-4-6-11(7-10)14-15/h4-7,13H,3,8H2,1-2H3/b12-9+. The Morgan fingerprint density at radius 1 is 1.50 bits per heavy atom. The van der Waals surface area contributed by atoms with Gasteiger partial charge in [0.2, 0.25) is 0 Å². The average Bonchev–Trinajstić information content (AvgIpc) is 2.34. The van der Waals surface area contributed by atoms with Gasteiger partial charge in [-0.2, -0.15) is 5.10 Å². The molecule has 0 amide bonds. The van der Waals surface area contributed by atoms with Crippen LogP contribution in [-0.4, -0.2) is 18.9 Å². The normalized spacial score (nSPS) is 11.2. The van der Waals surface area contributed by atoms with Crippen molar-refractivity contribution in [2.75, 3.05) is 18.6 Å². The van der Waals surface area contributed by atoms with Crippen LogP contribution in [0.25, 0.3) is 0 Å². The molecule has 0 atom stereocenters. The Hall–Kier alpha value is -1.75. The van der Waals surface area contributed by atoms with Gasteiger partial charge in [-0.05, 0) is 37.2 Å². The van der Waals surface area contributed by atoms with Crippen molar-refractivity contribution in [3.8, 4) is 0 Å². The molecular formula is C11H15N3O2. The van der Waals surface area contributed by atoms with E-state index in [-0.39, 0.29) is 0 Å². The summed E-state index contributed by atoms with van der Waals surface area (Å²) in [4.78, 5) is 10.3. The lowest BCUT2D eigenvalue weighted by Gasteiger charge is -2.03.